The quantitative estimate of drug-likeness (QED) is 0.767. The Morgan fingerprint density at radius 1 is 1.35 bits per heavy atom. The molecule has 7 heteroatoms. The molecule has 1 unspecified atom stereocenters. The van der Waals surface area contributed by atoms with Crippen LogP contribution in [0.3, 0.4) is 0 Å². The maximum absolute atomic E-state index is 11.0. The molecule has 0 radical (unpaired) electrons. The van der Waals surface area contributed by atoms with E-state index in [4.69, 9.17) is 20.0 Å². The van der Waals surface area contributed by atoms with Gasteiger partial charge in [-0.1, -0.05) is 6.08 Å². The Morgan fingerprint density at radius 3 is 2.65 bits per heavy atom. The summed E-state index contributed by atoms with van der Waals surface area (Å²) in [6.07, 6.45) is 7.35. The molecule has 0 amide bonds. The van der Waals surface area contributed by atoms with Gasteiger partial charge in [0.25, 0.3) is 15.1 Å². The summed E-state index contributed by atoms with van der Waals surface area (Å²) >= 11 is 0. The number of nitrogens with one attached hydrogen (secondary N) is 1. The number of allylic oxidation sites excluding steroid dienone is 3. The molecule has 2 rings (SSSR count). The van der Waals surface area contributed by atoms with Crippen LogP contribution in [-0.4, -0.2) is 14.1 Å². The highest BCUT2D eigenvalue weighted by atomic mass is 32.2. The SMILES string of the molecule is N=C1C=CCCC1C1=COC(S(N)(=O)=O)=CO1. The molecule has 2 aliphatic rings. The van der Waals surface area contributed by atoms with Crippen molar-refractivity contribution in [2.24, 2.45) is 11.1 Å². The van der Waals surface area contributed by atoms with Crippen molar-refractivity contribution in [1.82, 2.24) is 0 Å². The smallest absolute Gasteiger partial charge is 0.274 e. The number of ether oxygens (including phenoxy) is 2. The lowest BCUT2D eigenvalue weighted by Crippen LogP contribution is -2.22. The minimum atomic E-state index is -3.89. The molecule has 0 aromatic rings. The molecule has 0 fully saturated rings. The van der Waals surface area contributed by atoms with Gasteiger partial charge in [-0.3, -0.25) is 0 Å². The van der Waals surface area contributed by atoms with Gasteiger partial charge < -0.3 is 14.9 Å². The van der Waals surface area contributed by atoms with E-state index in [-0.39, 0.29) is 5.92 Å². The van der Waals surface area contributed by atoms with Gasteiger partial charge in [0.15, 0.2) is 0 Å². The Labute approximate surface area is 99.0 Å². The highest BCUT2D eigenvalue weighted by molar-refractivity contribution is 7.92. The first-order valence-corrected chi connectivity index (χ1v) is 6.54. The second-order valence-electron chi connectivity index (χ2n) is 3.73. The highest BCUT2D eigenvalue weighted by Crippen LogP contribution is 2.27. The minimum Gasteiger partial charge on any atom is -0.461 e. The molecule has 6 nitrogen and oxygen atoms in total. The van der Waals surface area contributed by atoms with Crippen molar-refractivity contribution in [1.29, 1.82) is 5.41 Å². The van der Waals surface area contributed by atoms with Crippen LogP contribution >= 0.6 is 0 Å². The van der Waals surface area contributed by atoms with Gasteiger partial charge in [-0.05, 0) is 18.9 Å². The van der Waals surface area contributed by atoms with Crippen molar-refractivity contribution >= 4 is 15.7 Å². The number of hydrogen-bond donors (Lipinski definition) is 2. The molecule has 1 atom stereocenters. The van der Waals surface area contributed by atoms with Gasteiger partial charge in [0.05, 0.1) is 5.92 Å². The van der Waals surface area contributed by atoms with Crippen molar-refractivity contribution in [2.45, 2.75) is 12.8 Å². The predicted molar refractivity (Wildman–Crippen MR) is 61.0 cm³/mol. The number of primary sulfonamides is 1. The first kappa shape index (κ1) is 11.9. The molecule has 0 saturated carbocycles. The van der Waals surface area contributed by atoms with Gasteiger partial charge in [-0.25, -0.2) is 13.6 Å². The zero-order chi connectivity index (χ0) is 12.5. The van der Waals surface area contributed by atoms with E-state index >= 15 is 0 Å². The monoisotopic (exact) mass is 256 g/mol. The van der Waals surface area contributed by atoms with Crippen molar-refractivity contribution in [3.63, 3.8) is 0 Å². The third-order valence-corrected chi connectivity index (χ3v) is 3.25. The van der Waals surface area contributed by atoms with E-state index in [2.05, 4.69) is 0 Å². The van der Waals surface area contributed by atoms with E-state index in [1.165, 1.54) is 6.26 Å². The molecule has 0 spiro atoms. The predicted octanol–water partition coefficient (Wildman–Crippen LogP) is 0.948. The van der Waals surface area contributed by atoms with Crippen molar-refractivity contribution in [3.05, 3.63) is 35.5 Å². The molecular formula is C10H12N2O4S. The van der Waals surface area contributed by atoms with Crippen LogP contribution in [0, 0.1) is 11.3 Å². The summed E-state index contributed by atoms with van der Waals surface area (Å²) in [5.74, 6) is 0.227. The number of sulfonamides is 1. The van der Waals surface area contributed by atoms with Crippen LogP contribution in [0.5, 0.6) is 0 Å². The van der Waals surface area contributed by atoms with E-state index in [0.29, 0.717) is 11.5 Å². The average Bonchev–Trinajstić information content (AvgIpc) is 2.29. The molecule has 0 saturated heterocycles. The molecule has 1 aliphatic heterocycles. The van der Waals surface area contributed by atoms with E-state index in [9.17, 15) is 8.42 Å². The molecule has 0 bridgehead atoms. The van der Waals surface area contributed by atoms with Crippen LogP contribution < -0.4 is 5.14 Å². The lowest BCUT2D eigenvalue weighted by molar-refractivity contribution is 0.222. The van der Waals surface area contributed by atoms with Gasteiger partial charge in [-0.15, -0.1) is 0 Å². The number of hydrogen-bond acceptors (Lipinski definition) is 5. The molecule has 0 aromatic heterocycles. The van der Waals surface area contributed by atoms with Gasteiger partial charge in [-0.2, -0.15) is 0 Å². The Bertz CT molecular complexity index is 531. The standard InChI is InChI=1S/C10H12N2O4S/c11-8-4-2-1-3-7(8)9-5-16-10(6-15-9)17(12,13)14/h2,4-7,11H,1,3H2,(H2,12,13,14). The largest absolute Gasteiger partial charge is 0.461 e. The van der Waals surface area contributed by atoms with Crippen molar-refractivity contribution in [2.75, 3.05) is 0 Å². The Hall–Kier alpha value is -1.60. The van der Waals surface area contributed by atoms with Gasteiger partial charge in [0.1, 0.15) is 18.3 Å². The lowest BCUT2D eigenvalue weighted by Gasteiger charge is -2.23. The van der Waals surface area contributed by atoms with E-state index in [0.717, 1.165) is 19.1 Å². The summed E-state index contributed by atoms with van der Waals surface area (Å²) in [6.45, 7) is 0. The Balaban J connectivity index is 2.11. The number of rotatable bonds is 2. The summed E-state index contributed by atoms with van der Waals surface area (Å²) < 4.78 is 32.0. The van der Waals surface area contributed by atoms with Crippen molar-refractivity contribution in [3.8, 4) is 0 Å². The second-order valence-corrected chi connectivity index (χ2v) is 5.22. The zero-order valence-electron chi connectivity index (χ0n) is 8.92. The first-order valence-electron chi connectivity index (χ1n) is 5.00. The Kier molecular flexibility index (Phi) is 3.03. The normalized spacial score (nSPS) is 24.5. The number of nitrogens with two attached hydrogens (primary N) is 1. The molecule has 3 N–H and O–H groups in total. The summed E-state index contributed by atoms with van der Waals surface area (Å²) in [5, 5.41) is 12.2. The molecule has 92 valence electrons. The highest BCUT2D eigenvalue weighted by Gasteiger charge is 2.26. The summed E-state index contributed by atoms with van der Waals surface area (Å²) in [4.78, 5) is 0. The first-order chi connectivity index (χ1) is 7.98. The lowest BCUT2D eigenvalue weighted by atomic mass is 9.91. The van der Waals surface area contributed by atoms with Crippen LogP contribution in [0.4, 0.5) is 0 Å². The second kappa shape index (κ2) is 4.34. The van der Waals surface area contributed by atoms with Gasteiger partial charge in [0.2, 0.25) is 0 Å². The fraction of sp³-hybridized carbons (Fsp3) is 0.300. The van der Waals surface area contributed by atoms with Crippen LogP contribution in [0.2, 0.25) is 0 Å². The van der Waals surface area contributed by atoms with Crippen LogP contribution in [-0.2, 0) is 19.5 Å². The maximum Gasteiger partial charge on any atom is 0.274 e. The average molecular weight is 256 g/mol. The van der Waals surface area contributed by atoms with Gasteiger partial charge in [0, 0.05) is 5.71 Å². The molecule has 1 heterocycles. The molecule has 0 aromatic carbocycles. The van der Waals surface area contributed by atoms with E-state index < -0.39 is 15.1 Å². The minimum absolute atomic E-state index is 0.196. The fourth-order valence-corrected chi connectivity index (χ4v) is 1.99. The summed E-state index contributed by atoms with van der Waals surface area (Å²) in [6, 6.07) is 0. The molecule has 17 heavy (non-hydrogen) atoms. The maximum atomic E-state index is 11.0. The Morgan fingerprint density at radius 2 is 2.12 bits per heavy atom. The molecule has 1 aliphatic carbocycles. The van der Waals surface area contributed by atoms with E-state index in [1.807, 2.05) is 6.08 Å². The van der Waals surface area contributed by atoms with Crippen LogP contribution in [0.25, 0.3) is 0 Å². The van der Waals surface area contributed by atoms with E-state index in [1.54, 1.807) is 6.08 Å². The summed E-state index contributed by atoms with van der Waals surface area (Å²) in [5.41, 5.74) is 0.415. The van der Waals surface area contributed by atoms with Crippen molar-refractivity contribution < 1.29 is 17.9 Å². The zero-order valence-corrected chi connectivity index (χ0v) is 9.74. The third kappa shape index (κ3) is 2.56. The third-order valence-electron chi connectivity index (χ3n) is 2.50. The fourth-order valence-electron chi connectivity index (χ4n) is 1.63. The van der Waals surface area contributed by atoms with Gasteiger partial charge >= 0.3 is 0 Å². The topological polar surface area (TPSA) is 102 Å². The van der Waals surface area contributed by atoms with Crippen LogP contribution in [0.15, 0.2) is 35.5 Å². The molecular weight excluding hydrogens is 244 g/mol. The van der Waals surface area contributed by atoms with Crippen LogP contribution in [0.1, 0.15) is 12.8 Å². The summed E-state index contributed by atoms with van der Waals surface area (Å²) in [7, 11) is -3.89.